The lowest BCUT2D eigenvalue weighted by atomic mass is 10.2. The molecule has 4 nitrogen and oxygen atoms in total. The molecule has 3 rings (SSSR count). The Morgan fingerprint density at radius 3 is 2.15 bits per heavy atom. The van der Waals surface area contributed by atoms with Gasteiger partial charge in [-0.05, 0) is 43.7 Å². The fourth-order valence-electron chi connectivity index (χ4n) is 2.49. The van der Waals surface area contributed by atoms with Crippen LogP contribution < -0.4 is 5.32 Å². The van der Waals surface area contributed by atoms with Crippen molar-refractivity contribution in [2.75, 3.05) is 5.32 Å². The van der Waals surface area contributed by atoms with E-state index in [9.17, 15) is 8.42 Å². The molecule has 0 amide bonds. The van der Waals surface area contributed by atoms with Gasteiger partial charge < -0.3 is 5.32 Å². The van der Waals surface area contributed by atoms with Gasteiger partial charge in [0.2, 0.25) is 0 Å². The van der Waals surface area contributed by atoms with Crippen LogP contribution >= 0.6 is 0 Å². The van der Waals surface area contributed by atoms with E-state index in [1.54, 1.807) is 24.3 Å². The number of aryl methyl sites for hydroxylation is 2. The first-order chi connectivity index (χ1) is 12.4. The highest BCUT2D eigenvalue weighted by Gasteiger charge is 2.15. The molecular formula is C21H20N2O2S. The Labute approximate surface area is 154 Å². The van der Waals surface area contributed by atoms with Crippen LogP contribution in [-0.4, -0.2) is 14.3 Å². The van der Waals surface area contributed by atoms with Crippen molar-refractivity contribution in [2.45, 2.75) is 18.7 Å². The van der Waals surface area contributed by atoms with Crippen molar-refractivity contribution in [1.82, 2.24) is 0 Å². The fraction of sp³-hybridized carbons (Fsp3) is 0.0952. The summed E-state index contributed by atoms with van der Waals surface area (Å²) in [6.45, 7) is 3.89. The maximum Gasteiger partial charge on any atom is 0.284 e. The van der Waals surface area contributed by atoms with E-state index < -0.39 is 10.0 Å². The Morgan fingerprint density at radius 2 is 1.50 bits per heavy atom. The number of rotatable bonds is 4. The third-order valence-electron chi connectivity index (χ3n) is 3.86. The predicted molar refractivity (Wildman–Crippen MR) is 106 cm³/mol. The van der Waals surface area contributed by atoms with Gasteiger partial charge in [-0.25, -0.2) is 0 Å². The van der Waals surface area contributed by atoms with Crippen molar-refractivity contribution < 1.29 is 8.42 Å². The van der Waals surface area contributed by atoms with Gasteiger partial charge in [0, 0.05) is 11.3 Å². The smallest absolute Gasteiger partial charge is 0.284 e. The summed E-state index contributed by atoms with van der Waals surface area (Å²) in [6, 6.07) is 23.6. The van der Waals surface area contributed by atoms with Crippen LogP contribution in [0.15, 0.2) is 88.2 Å². The second-order valence-corrected chi connectivity index (χ2v) is 7.69. The lowest BCUT2D eigenvalue weighted by molar-refractivity contribution is 0.598. The first-order valence-electron chi connectivity index (χ1n) is 8.25. The molecule has 1 N–H and O–H groups in total. The molecule has 0 aliphatic carbocycles. The number of hydrogen-bond donors (Lipinski definition) is 1. The normalized spacial score (nSPS) is 12.0. The van der Waals surface area contributed by atoms with E-state index in [0.717, 1.165) is 16.8 Å². The van der Waals surface area contributed by atoms with Gasteiger partial charge in [0.15, 0.2) is 5.84 Å². The molecule has 3 aromatic carbocycles. The monoisotopic (exact) mass is 364 g/mol. The van der Waals surface area contributed by atoms with E-state index in [0.29, 0.717) is 5.56 Å². The topological polar surface area (TPSA) is 58.5 Å². The molecular weight excluding hydrogens is 344 g/mol. The summed E-state index contributed by atoms with van der Waals surface area (Å²) in [6.07, 6.45) is 0. The minimum Gasteiger partial charge on any atom is -0.339 e. The second-order valence-electron chi connectivity index (χ2n) is 6.09. The molecule has 0 aliphatic rings. The molecule has 3 aromatic rings. The Balaban J connectivity index is 2.05. The third kappa shape index (κ3) is 4.37. The van der Waals surface area contributed by atoms with Gasteiger partial charge >= 0.3 is 0 Å². The van der Waals surface area contributed by atoms with Gasteiger partial charge in [0.1, 0.15) is 0 Å². The van der Waals surface area contributed by atoms with Crippen LogP contribution in [0.25, 0.3) is 0 Å². The van der Waals surface area contributed by atoms with E-state index in [4.69, 9.17) is 0 Å². The van der Waals surface area contributed by atoms with Crippen molar-refractivity contribution in [3.05, 3.63) is 95.6 Å². The molecule has 0 radical (unpaired) electrons. The Morgan fingerprint density at radius 1 is 0.808 bits per heavy atom. The molecule has 5 heteroatoms. The minimum atomic E-state index is -3.83. The quantitative estimate of drug-likeness (QED) is 0.546. The van der Waals surface area contributed by atoms with Crippen molar-refractivity contribution in [3.8, 4) is 0 Å². The van der Waals surface area contributed by atoms with Crippen LogP contribution in [0.5, 0.6) is 0 Å². The SMILES string of the molecule is Cc1ccc(S(=O)(=O)N=C(Nc2cccc(C)c2)c2ccccc2)cc1. The number of hydrogen-bond acceptors (Lipinski definition) is 2. The molecule has 0 atom stereocenters. The summed E-state index contributed by atoms with van der Waals surface area (Å²) in [5, 5.41) is 3.14. The Hall–Kier alpha value is -2.92. The average Bonchev–Trinajstić information content (AvgIpc) is 2.62. The van der Waals surface area contributed by atoms with Crippen molar-refractivity contribution in [3.63, 3.8) is 0 Å². The van der Waals surface area contributed by atoms with Crippen LogP contribution in [0.1, 0.15) is 16.7 Å². The molecule has 0 fully saturated rings. The average molecular weight is 364 g/mol. The molecule has 0 aliphatic heterocycles. The molecule has 26 heavy (non-hydrogen) atoms. The summed E-state index contributed by atoms with van der Waals surface area (Å²) in [5.41, 5.74) is 3.55. The molecule has 0 heterocycles. The predicted octanol–water partition coefficient (Wildman–Crippen LogP) is 4.55. The van der Waals surface area contributed by atoms with Crippen LogP contribution in [0.3, 0.4) is 0 Å². The van der Waals surface area contributed by atoms with Crippen LogP contribution in [0, 0.1) is 13.8 Å². The number of nitrogens with zero attached hydrogens (tertiary/aromatic N) is 1. The van der Waals surface area contributed by atoms with E-state index in [1.807, 2.05) is 68.4 Å². The van der Waals surface area contributed by atoms with Crippen molar-refractivity contribution in [2.24, 2.45) is 4.40 Å². The van der Waals surface area contributed by atoms with Gasteiger partial charge in [0.25, 0.3) is 10.0 Å². The zero-order chi connectivity index (χ0) is 18.6. The number of nitrogens with one attached hydrogen (secondary N) is 1. The highest BCUT2D eigenvalue weighted by Crippen LogP contribution is 2.17. The third-order valence-corrected chi connectivity index (χ3v) is 5.15. The molecule has 0 bridgehead atoms. The maximum atomic E-state index is 12.8. The summed E-state index contributed by atoms with van der Waals surface area (Å²) in [5.74, 6) is 0.289. The summed E-state index contributed by atoms with van der Waals surface area (Å²) in [7, 11) is -3.83. The number of benzene rings is 3. The van der Waals surface area contributed by atoms with Gasteiger partial charge in [-0.2, -0.15) is 8.42 Å². The van der Waals surface area contributed by atoms with E-state index in [1.165, 1.54) is 0 Å². The van der Waals surface area contributed by atoms with Crippen LogP contribution in [0.2, 0.25) is 0 Å². The largest absolute Gasteiger partial charge is 0.339 e. The first-order valence-corrected chi connectivity index (χ1v) is 9.69. The van der Waals surface area contributed by atoms with E-state index in [-0.39, 0.29) is 10.7 Å². The first kappa shape index (κ1) is 17.9. The summed E-state index contributed by atoms with van der Waals surface area (Å²) >= 11 is 0. The summed E-state index contributed by atoms with van der Waals surface area (Å²) in [4.78, 5) is 0.169. The van der Waals surface area contributed by atoms with Crippen molar-refractivity contribution in [1.29, 1.82) is 0 Å². The van der Waals surface area contributed by atoms with Crippen molar-refractivity contribution >= 4 is 21.5 Å². The Kier molecular flexibility index (Phi) is 5.19. The lowest BCUT2D eigenvalue weighted by Crippen LogP contribution is -2.16. The molecule has 132 valence electrons. The van der Waals surface area contributed by atoms with Gasteiger partial charge in [-0.15, -0.1) is 4.40 Å². The number of sulfonamides is 1. The van der Waals surface area contributed by atoms with Gasteiger partial charge in [-0.1, -0.05) is 60.2 Å². The standard InChI is InChI=1S/C21H20N2O2S/c1-16-11-13-20(14-12-16)26(24,25)23-21(18-8-4-3-5-9-18)22-19-10-6-7-17(2)15-19/h3-15H,1-2H3,(H,22,23). The number of amidine groups is 1. The fourth-order valence-corrected chi connectivity index (χ4v) is 3.46. The highest BCUT2D eigenvalue weighted by molar-refractivity contribution is 7.90. The molecule has 0 aromatic heterocycles. The summed E-state index contributed by atoms with van der Waals surface area (Å²) < 4.78 is 29.6. The van der Waals surface area contributed by atoms with Gasteiger partial charge in [-0.3, -0.25) is 0 Å². The zero-order valence-electron chi connectivity index (χ0n) is 14.7. The van der Waals surface area contributed by atoms with E-state index >= 15 is 0 Å². The van der Waals surface area contributed by atoms with Gasteiger partial charge in [0.05, 0.1) is 4.90 Å². The zero-order valence-corrected chi connectivity index (χ0v) is 15.5. The maximum absolute atomic E-state index is 12.8. The number of anilines is 1. The highest BCUT2D eigenvalue weighted by atomic mass is 32.2. The Bertz CT molecular complexity index is 1030. The van der Waals surface area contributed by atoms with E-state index in [2.05, 4.69) is 9.71 Å². The molecule has 0 saturated carbocycles. The van der Waals surface area contributed by atoms with Crippen LogP contribution in [-0.2, 0) is 10.0 Å². The lowest BCUT2D eigenvalue weighted by Gasteiger charge is -2.11. The second kappa shape index (κ2) is 7.54. The van der Waals surface area contributed by atoms with Crippen LogP contribution in [0.4, 0.5) is 5.69 Å². The molecule has 0 saturated heterocycles. The molecule has 0 unspecified atom stereocenters. The minimum absolute atomic E-state index is 0.169. The molecule has 0 spiro atoms.